The lowest BCUT2D eigenvalue weighted by Crippen LogP contribution is -2.26. The predicted octanol–water partition coefficient (Wildman–Crippen LogP) is 3.83. The molecule has 19 heavy (non-hydrogen) atoms. The second-order valence-corrected chi connectivity index (χ2v) is 4.92. The van der Waals surface area contributed by atoms with E-state index in [1.165, 1.54) is 5.56 Å². The molecule has 1 aromatic heterocycles. The maximum absolute atomic E-state index is 6.09. The molecule has 2 nitrogen and oxygen atoms in total. The number of nitrogens with two attached hydrogens (primary N) is 1. The highest BCUT2D eigenvalue weighted by atomic mass is 35.5. The van der Waals surface area contributed by atoms with Gasteiger partial charge in [0.15, 0.2) is 0 Å². The van der Waals surface area contributed by atoms with E-state index in [1.807, 2.05) is 37.3 Å². The summed E-state index contributed by atoms with van der Waals surface area (Å²) in [5, 5.41) is 0.531. The largest absolute Gasteiger partial charge is 0.327 e. The van der Waals surface area contributed by atoms with Crippen LogP contribution in [0.2, 0.25) is 5.15 Å². The van der Waals surface area contributed by atoms with E-state index in [0.717, 1.165) is 12.1 Å². The molecular weight excluding hydrogens is 279 g/mol. The second kappa shape index (κ2) is 7.49. The Morgan fingerprint density at radius 1 is 1.11 bits per heavy atom. The molecule has 2 unspecified atom stereocenters. The average molecular weight is 297 g/mol. The van der Waals surface area contributed by atoms with Crippen molar-refractivity contribution in [3.8, 4) is 0 Å². The topological polar surface area (TPSA) is 38.9 Å². The standard InChI is InChI=1S/C15H17ClN2.ClH/c1-11(17)14(12-6-3-2-4-7-12)10-13-8-5-9-15(16)18-13;/h2-9,11,14H,10,17H2,1H3;1H. The molecule has 0 saturated heterocycles. The number of hydrogen-bond acceptors (Lipinski definition) is 2. The first kappa shape index (κ1) is 16.0. The number of halogens is 2. The Morgan fingerprint density at radius 2 is 1.79 bits per heavy atom. The van der Waals surface area contributed by atoms with Crippen molar-refractivity contribution >= 4 is 24.0 Å². The zero-order valence-electron chi connectivity index (χ0n) is 10.8. The molecule has 0 aliphatic rings. The molecule has 2 atom stereocenters. The third kappa shape index (κ3) is 4.50. The van der Waals surface area contributed by atoms with Gasteiger partial charge in [0.1, 0.15) is 5.15 Å². The van der Waals surface area contributed by atoms with Crippen LogP contribution < -0.4 is 5.73 Å². The van der Waals surface area contributed by atoms with E-state index in [0.29, 0.717) is 5.15 Å². The summed E-state index contributed by atoms with van der Waals surface area (Å²) in [6.07, 6.45) is 0.808. The molecule has 4 heteroatoms. The molecule has 0 saturated carbocycles. The number of hydrogen-bond donors (Lipinski definition) is 1. The van der Waals surface area contributed by atoms with Crippen LogP contribution in [0.4, 0.5) is 0 Å². The van der Waals surface area contributed by atoms with Crippen molar-refractivity contribution in [2.75, 3.05) is 0 Å². The molecular formula is C15H18Cl2N2. The average Bonchev–Trinajstić information content (AvgIpc) is 2.37. The molecule has 0 radical (unpaired) electrons. The van der Waals surface area contributed by atoms with Crippen LogP contribution >= 0.6 is 24.0 Å². The molecule has 2 N–H and O–H groups in total. The molecule has 1 heterocycles. The van der Waals surface area contributed by atoms with Gasteiger partial charge < -0.3 is 5.73 Å². The highest BCUT2D eigenvalue weighted by molar-refractivity contribution is 6.29. The summed E-state index contributed by atoms with van der Waals surface area (Å²) in [6, 6.07) is 16.1. The summed E-state index contributed by atoms with van der Waals surface area (Å²) < 4.78 is 0. The van der Waals surface area contributed by atoms with Crippen molar-refractivity contribution in [2.45, 2.75) is 25.3 Å². The van der Waals surface area contributed by atoms with Gasteiger partial charge in [0.05, 0.1) is 0 Å². The molecule has 0 aliphatic heterocycles. The smallest absolute Gasteiger partial charge is 0.129 e. The lowest BCUT2D eigenvalue weighted by molar-refractivity contribution is 0.559. The molecule has 2 aromatic rings. The van der Waals surface area contributed by atoms with E-state index < -0.39 is 0 Å². The van der Waals surface area contributed by atoms with E-state index in [1.54, 1.807) is 6.07 Å². The summed E-state index contributed by atoms with van der Waals surface area (Å²) in [5.41, 5.74) is 8.32. The van der Waals surface area contributed by atoms with Crippen molar-refractivity contribution in [3.05, 3.63) is 64.9 Å². The van der Waals surface area contributed by atoms with E-state index in [9.17, 15) is 0 Å². The van der Waals surface area contributed by atoms with Gasteiger partial charge in [-0.15, -0.1) is 12.4 Å². The normalized spacial score (nSPS) is 13.4. The van der Waals surface area contributed by atoms with Crippen LogP contribution in [0.25, 0.3) is 0 Å². The monoisotopic (exact) mass is 296 g/mol. The Morgan fingerprint density at radius 3 is 2.37 bits per heavy atom. The van der Waals surface area contributed by atoms with Gasteiger partial charge >= 0.3 is 0 Å². The summed E-state index contributed by atoms with van der Waals surface area (Å²) >= 11 is 5.91. The maximum Gasteiger partial charge on any atom is 0.129 e. The van der Waals surface area contributed by atoms with Crippen LogP contribution in [0, 0.1) is 0 Å². The van der Waals surface area contributed by atoms with Crippen LogP contribution in [0.1, 0.15) is 24.1 Å². The Labute approximate surface area is 125 Å². The number of aromatic nitrogens is 1. The SMILES string of the molecule is CC(N)C(Cc1cccc(Cl)n1)c1ccccc1.Cl. The van der Waals surface area contributed by atoms with E-state index in [2.05, 4.69) is 17.1 Å². The molecule has 1 aromatic carbocycles. The van der Waals surface area contributed by atoms with Crippen LogP contribution in [-0.2, 0) is 6.42 Å². The zero-order chi connectivity index (χ0) is 13.0. The van der Waals surface area contributed by atoms with Crippen molar-refractivity contribution in [3.63, 3.8) is 0 Å². The van der Waals surface area contributed by atoms with Gasteiger partial charge in [0, 0.05) is 17.7 Å². The quantitative estimate of drug-likeness (QED) is 0.871. The molecule has 0 amide bonds. The van der Waals surface area contributed by atoms with Crippen LogP contribution in [0.15, 0.2) is 48.5 Å². The maximum atomic E-state index is 6.09. The van der Waals surface area contributed by atoms with Crippen molar-refractivity contribution in [1.82, 2.24) is 4.98 Å². The first-order valence-electron chi connectivity index (χ1n) is 6.09. The molecule has 0 aliphatic carbocycles. The third-order valence-electron chi connectivity index (χ3n) is 3.06. The Hall–Kier alpha value is -1.09. The Kier molecular flexibility index (Phi) is 6.29. The molecule has 0 bridgehead atoms. The van der Waals surface area contributed by atoms with Gasteiger partial charge in [0.25, 0.3) is 0 Å². The van der Waals surface area contributed by atoms with Crippen LogP contribution in [0.3, 0.4) is 0 Å². The minimum absolute atomic E-state index is 0. The lowest BCUT2D eigenvalue weighted by Gasteiger charge is -2.21. The first-order valence-corrected chi connectivity index (χ1v) is 6.46. The number of benzene rings is 1. The Balaban J connectivity index is 0.00000180. The third-order valence-corrected chi connectivity index (χ3v) is 3.27. The van der Waals surface area contributed by atoms with Crippen molar-refractivity contribution < 1.29 is 0 Å². The lowest BCUT2D eigenvalue weighted by atomic mass is 9.88. The van der Waals surface area contributed by atoms with E-state index in [-0.39, 0.29) is 24.4 Å². The Bertz CT molecular complexity index is 501. The molecule has 2 rings (SSSR count). The minimum atomic E-state index is 0. The summed E-state index contributed by atoms with van der Waals surface area (Å²) in [4.78, 5) is 4.33. The predicted molar refractivity (Wildman–Crippen MR) is 83.0 cm³/mol. The van der Waals surface area contributed by atoms with Gasteiger partial charge in [0.2, 0.25) is 0 Å². The molecule has 102 valence electrons. The highest BCUT2D eigenvalue weighted by Gasteiger charge is 2.17. The summed E-state index contributed by atoms with van der Waals surface area (Å²) in [7, 11) is 0. The fourth-order valence-electron chi connectivity index (χ4n) is 2.10. The number of rotatable bonds is 4. The van der Waals surface area contributed by atoms with Gasteiger partial charge in [-0.05, 0) is 31.0 Å². The summed E-state index contributed by atoms with van der Waals surface area (Å²) in [6.45, 7) is 2.03. The van der Waals surface area contributed by atoms with Gasteiger partial charge in [-0.25, -0.2) is 4.98 Å². The van der Waals surface area contributed by atoms with Gasteiger partial charge in [-0.1, -0.05) is 48.0 Å². The van der Waals surface area contributed by atoms with Crippen LogP contribution in [-0.4, -0.2) is 11.0 Å². The van der Waals surface area contributed by atoms with Crippen LogP contribution in [0.5, 0.6) is 0 Å². The highest BCUT2D eigenvalue weighted by Crippen LogP contribution is 2.23. The number of nitrogens with zero attached hydrogens (tertiary/aromatic N) is 1. The second-order valence-electron chi connectivity index (χ2n) is 4.53. The molecule has 0 spiro atoms. The van der Waals surface area contributed by atoms with Crippen molar-refractivity contribution in [1.29, 1.82) is 0 Å². The zero-order valence-corrected chi connectivity index (χ0v) is 12.4. The fourth-order valence-corrected chi connectivity index (χ4v) is 2.28. The van der Waals surface area contributed by atoms with E-state index >= 15 is 0 Å². The van der Waals surface area contributed by atoms with Crippen molar-refractivity contribution in [2.24, 2.45) is 5.73 Å². The fraction of sp³-hybridized carbons (Fsp3) is 0.267. The first-order chi connectivity index (χ1) is 8.66. The minimum Gasteiger partial charge on any atom is -0.327 e. The molecule has 0 fully saturated rings. The summed E-state index contributed by atoms with van der Waals surface area (Å²) in [5.74, 6) is 0.261. The van der Waals surface area contributed by atoms with E-state index in [4.69, 9.17) is 17.3 Å². The van der Waals surface area contributed by atoms with Gasteiger partial charge in [-0.3, -0.25) is 0 Å². The number of pyridine rings is 1. The van der Waals surface area contributed by atoms with Gasteiger partial charge in [-0.2, -0.15) is 0 Å².